The van der Waals surface area contributed by atoms with E-state index >= 15 is 0 Å². The van der Waals surface area contributed by atoms with Gasteiger partial charge in [-0.3, -0.25) is 4.90 Å². The first-order valence-corrected chi connectivity index (χ1v) is 6.81. The number of benzene rings is 1. The summed E-state index contributed by atoms with van der Waals surface area (Å²) in [5, 5.41) is 0. The summed E-state index contributed by atoms with van der Waals surface area (Å²) in [6.45, 7) is 3.47. The van der Waals surface area contributed by atoms with Gasteiger partial charge in [-0.1, -0.05) is 30.3 Å². The summed E-state index contributed by atoms with van der Waals surface area (Å²) in [7, 11) is 0. The number of aryl methyl sites for hydroxylation is 1. The minimum atomic E-state index is 0.187. The highest BCUT2D eigenvalue weighted by Gasteiger charge is 2.49. The standard InChI is InChI=1S/C15H22N2/c16-15(14-8-9-14)11-17(12-15)10-4-7-13-5-2-1-3-6-13/h1-3,5-6,14H,4,7-12,16H2. The third kappa shape index (κ3) is 2.53. The zero-order chi connectivity index (χ0) is 11.7. The summed E-state index contributed by atoms with van der Waals surface area (Å²) < 4.78 is 0. The summed E-state index contributed by atoms with van der Waals surface area (Å²) in [5.41, 5.74) is 7.98. The molecule has 0 radical (unpaired) electrons. The van der Waals surface area contributed by atoms with Crippen molar-refractivity contribution >= 4 is 0 Å². The zero-order valence-electron chi connectivity index (χ0n) is 10.4. The predicted octanol–water partition coefficient (Wildman–Crippen LogP) is 2.04. The van der Waals surface area contributed by atoms with Crippen LogP contribution in [-0.4, -0.2) is 30.1 Å². The minimum absolute atomic E-state index is 0.187. The highest BCUT2D eigenvalue weighted by Crippen LogP contribution is 2.42. The summed E-state index contributed by atoms with van der Waals surface area (Å²) in [4.78, 5) is 2.52. The molecule has 2 heteroatoms. The van der Waals surface area contributed by atoms with Crippen LogP contribution in [-0.2, 0) is 6.42 Å². The molecule has 2 fully saturated rings. The van der Waals surface area contributed by atoms with Crippen LogP contribution in [0.1, 0.15) is 24.8 Å². The Hall–Kier alpha value is -0.860. The Balaban J connectivity index is 1.36. The van der Waals surface area contributed by atoms with Gasteiger partial charge in [-0.15, -0.1) is 0 Å². The number of hydrogen-bond acceptors (Lipinski definition) is 2. The van der Waals surface area contributed by atoms with Crippen LogP contribution in [0, 0.1) is 5.92 Å². The van der Waals surface area contributed by atoms with Gasteiger partial charge in [0, 0.05) is 18.6 Å². The van der Waals surface area contributed by atoms with Gasteiger partial charge in [-0.2, -0.15) is 0 Å². The molecule has 0 bridgehead atoms. The first-order valence-electron chi connectivity index (χ1n) is 6.81. The lowest BCUT2D eigenvalue weighted by molar-refractivity contribution is 0.0540. The van der Waals surface area contributed by atoms with Crippen molar-refractivity contribution in [3.05, 3.63) is 35.9 Å². The van der Waals surface area contributed by atoms with Crippen LogP contribution in [0.2, 0.25) is 0 Å². The normalized spacial score (nSPS) is 23.4. The molecule has 1 heterocycles. The van der Waals surface area contributed by atoms with Crippen LogP contribution >= 0.6 is 0 Å². The van der Waals surface area contributed by atoms with Crippen molar-refractivity contribution in [2.24, 2.45) is 11.7 Å². The molecule has 2 nitrogen and oxygen atoms in total. The van der Waals surface area contributed by atoms with Gasteiger partial charge in [-0.05, 0) is 43.7 Å². The molecule has 0 aromatic heterocycles. The second-order valence-corrected chi connectivity index (χ2v) is 5.81. The Morgan fingerprint density at radius 1 is 1.18 bits per heavy atom. The molecule has 0 atom stereocenters. The minimum Gasteiger partial charge on any atom is -0.323 e. The number of rotatable bonds is 5. The molecule has 1 saturated carbocycles. The van der Waals surface area contributed by atoms with Crippen molar-refractivity contribution in [1.29, 1.82) is 0 Å². The summed E-state index contributed by atoms with van der Waals surface area (Å²) in [5.74, 6) is 0.841. The number of hydrogen-bond donors (Lipinski definition) is 1. The van der Waals surface area contributed by atoms with E-state index in [4.69, 9.17) is 5.73 Å². The SMILES string of the molecule is NC1(C2CC2)CN(CCCc2ccccc2)C1. The molecule has 1 aliphatic carbocycles. The largest absolute Gasteiger partial charge is 0.323 e. The molecule has 3 rings (SSSR count). The maximum atomic E-state index is 6.34. The Morgan fingerprint density at radius 2 is 1.88 bits per heavy atom. The van der Waals surface area contributed by atoms with E-state index in [1.54, 1.807) is 0 Å². The Morgan fingerprint density at radius 3 is 2.53 bits per heavy atom. The fourth-order valence-corrected chi connectivity index (χ4v) is 3.01. The van der Waals surface area contributed by atoms with Gasteiger partial charge in [0.1, 0.15) is 0 Å². The van der Waals surface area contributed by atoms with Crippen molar-refractivity contribution in [3.8, 4) is 0 Å². The van der Waals surface area contributed by atoms with Gasteiger partial charge in [0.05, 0.1) is 0 Å². The van der Waals surface area contributed by atoms with Crippen molar-refractivity contribution in [2.75, 3.05) is 19.6 Å². The molecule has 1 aromatic rings. The van der Waals surface area contributed by atoms with Crippen LogP contribution in [0.5, 0.6) is 0 Å². The van der Waals surface area contributed by atoms with Gasteiger partial charge in [0.2, 0.25) is 0 Å². The van der Waals surface area contributed by atoms with Gasteiger partial charge in [0.25, 0.3) is 0 Å². The summed E-state index contributed by atoms with van der Waals surface area (Å²) in [6.07, 6.45) is 5.19. The molecule has 1 aliphatic heterocycles. The molecule has 1 saturated heterocycles. The number of nitrogens with zero attached hydrogens (tertiary/aromatic N) is 1. The van der Waals surface area contributed by atoms with Gasteiger partial charge in [0.15, 0.2) is 0 Å². The van der Waals surface area contributed by atoms with E-state index in [0.29, 0.717) is 0 Å². The number of nitrogens with two attached hydrogens (primary N) is 1. The van der Waals surface area contributed by atoms with E-state index in [9.17, 15) is 0 Å². The molecular formula is C15H22N2. The summed E-state index contributed by atoms with van der Waals surface area (Å²) >= 11 is 0. The van der Waals surface area contributed by atoms with E-state index in [1.807, 2.05) is 0 Å². The molecule has 0 amide bonds. The van der Waals surface area contributed by atoms with Crippen molar-refractivity contribution < 1.29 is 0 Å². The van der Waals surface area contributed by atoms with Gasteiger partial charge in [-0.25, -0.2) is 0 Å². The van der Waals surface area contributed by atoms with E-state index in [1.165, 1.54) is 37.8 Å². The van der Waals surface area contributed by atoms with Crippen molar-refractivity contribution in [1.82, 2.24) is 4.90 Å². The van der Waals surface area contributed by atoms with E-state index in [-0.39, 0.29) is 5.54 Å². The molecular weight excluding hydrogens is 208 g/mol. The molecule has 92 valence electrons. The maximum Gasteiger partial charge on any atom is 0.0440 e. The Kier molecular flexibility index (Phi) is 2.93. The summed E-state index contributed by atoms with van der Waals surface area (Å²) in [6, 6.07) is 10.8. The third-order valence-electron chi connectivity index (χ3n) is 4.21. The van der Waals surface area contributed by atoms with E-state index in [0.717, 1.165) is 19.0 Å². The average molecular weight is 230 g/mol. The maximum absolute atomic E-state index is 6.34. The van der Waals surface area contributed by atoms with Crippen LogP contribution in [0.4, 0.5) is 0 Å². The van der Waals surface area contributed by atoms with Crippen LogP contribution < -0.4 is 5.73 Å². The first-order chi connectivity index (χ1) is 8.26. The lowest BCUT2D eigenvalue weighted by atomic mass is 9.85. The van der Waals surface area contributed by atoms with E-state index in [2.05, 4.69) is 35.2 Å². The molecule has 1 aromatic carbocycles. The smallest absolute Gasteiger partial charge is 0.0440 e. The second-order valence-electron chi connectivity index (χ2n) is 5.81. The van der Waals surface area contributed by atoms with Crippen LogP contribution in [0.15, 0.2) is 30.3 Å². The van der Waals surface area contributed by atoms with Crippen LogP contribution in [0.3, 0.4) is 0 Å². The quantitative estimate of drug-likeness (QED) is 0.839. The fourth-order valence-electron chi connectivity index (χ4n) is 3.01. The molecule has 0 unspecified atom stereocenters. The molecule has 0 spiro atoms. The molecule has 2 N–H and O–H groups in total. The topological polar surface area (TPSA) is 29.3 Å². The first kappa shape index (κ1) is 11.2. The predicted molar refractivity (Wildman–Crippen MR) is 70.8 cm³/mol. The fraction of sp³-hybridized carbons (Fsp3) is 0.600. The van der Waals surface area contributed by atoms with Crippen LogP contribution in [0.25, 0.3) is 0 Å². The average Bonchev–Trinajstić information content (AvgIpc) is 3.12. The Labute approximate surface area is 104 Å². The highest BCUT2D eigenvalue weighted by atomic mass is 15.3. The monoisotopic (exact) mass is 230 g/mol. The zero-order valence-corrected chi connectivity index (χ0v) is 10.4. The lowest BCUT2D eigenvalue weighted by Gasteiger charge is -2.48. The van der Waals surface area contributed by atoms with Gasteiger partial charge >= 0.3 is 0 Å². The number of likely N-dealkylation sites (tertiary alicyclic amines) is 1. The highest BCUT2D eigenvalue weighted by molar-refractivity contribution is 5.15. The Bertz CT molecular complexity index is 364. The third-order valence-corrected chi connectivity index (χ3v) is 4.21. The second kappa shape index (κ2) is 4.43. The van der Waals surface area contributed by atoms with Gasteiger partial charge < -0.3 is 5.73 Å². The molecule has 17 heavy (non-hydrogen) atoms. The van der Waals surface area contributed by atoms with E-state index < -0.39 is 0 Å². The van der Waals surface area contributed by atoms with Crippen molar-refractivity contribution in [3.63, 3.8) is 0 Å². The lowest BCUT2D eigenvalue weighted by Crippen LogP contribution is -2.68. The molecule has 2 aliphatic rings. The van der Waals surface area contributed by atoms with Crippen molar-refractivity contribution in [2.45, 2.75) is 31.2 Å².